The molecule has 0 saturated heterocycles. The number of aliphatic hydroxyl groups excluding tert-OH is 1. The highest BCUT2D eigenvalue weighted by atomic mass is 32.1. The predicted molar refractivity (Wildman–Crippen MR) is 83.0 cm³/mol. The monoisotopic (exact) mass is 285 g/mol. The molecule has 4 nitrogen and oxygen atoms in total. The van der Waals surface area contributed by atoms with E-state index >= 15 is 0 Å². The van der Waals surface area contributed by atoms with E-state index in [1.807, 2.05) is 25.9 Å². The Morgan fingerprint density at radius 1 is 1.32 bits per heavy atom. The normalized spacial score (nSPS) is 13.0. The van der Waals surface area contributed by atoms with Gasteiger partial charge in [-0.05, 0) is 12.8 Å². The molecule has 0 aliphatic heterocycles. The molecule has 19 heavy (non-hydrogen) atoms. The molecule has 2 N–H and O–H groups in total. The zero-order valence-electron chi connectivity index (χ0n) is 12.7. The van der Waals surface area contributed by atoms with Gasteiger partial charge in [0.2, 0.25) is 0 Å². The van der Waals surface area contributed by atoms with Gasteiger partial charge in [-0.3, -0.25) is 0 Å². The van der Waals surface area contributed by atoms with Crippen molar-refractivity contribution < 1.29 is 5.11 Å². The summed E-state index contributed by atoms with van der Waals surface area (Å²) in [5, 5.41) is 14.4. The van der Waals surface area contributed by atoms with E-state index in [4.69, 9.17) is 0 Å². The van der Waals surface area contributed by atoms with Gasteiger partial charge in [0.1, 0.15) is 0 Å². The maximum Gasteiger partial charge on any atom is 0.185 e. The lowest BCUT2D eigenvalue weighted by atomic mass is 9.96. The molecule has 1 atom stereocenters. The highest BCUT2D eigenvalue weighted by Crippen LogP contribution is 2.24. The first-order valence-corrected chi connectivity index (χ1v) is 7.83. The number of hydrogen-bond acceptors (Lipinski definition) is 5. The predicted octanol–water partition coefficient (Wildman–Crippen LogP) is 2.40. The maximum atomic E-state index is 10.1. The second-order valence-corrected chi connectivity index (χ2v) is 6.24. The van der Waals surface area contributed by atoms with Crippen LogP contribution in [0.4, 0.5) is 5.13 Å². The minimum Gasteiger partial charge on any atom is -0.392 e. The van der Waals surface area contributed by atoms with Crippen molar-refractivity contribution in [3.05, 3.63) is 10.6 Å². The summed E-state index contributed by atoms with van der Waals surface area (Å²) in [7, 11) is 4.01. The van der Waals surface area contributed by atoms with Crippen LogP contribution in [0.5, 0.6) is 0 Å². The second-order valence-electron chi connectivity index (χ2n) is 5.17. The highest BCUT2D eigenvalue weighted by Gasteiger charge is 2.15. The lowest BCUT2D eigenvalue weighted by Gasteiger charge is -2.20. The van der Waals surface area contributed by atoms with Crippen molar-refractivity contribution in [1.29, 1.82) is 0 Å². The third kappa shape index (κ3) is 4.75. The first-order chi connectivity index (χ1) is 8.99. The molecule has 0 bridgehead atoms. The fourth-order valence-corrected chi connectivity index (χ4v) is 3.05. The van der Waals surface area contributed by atoms with E-state index in [9.17, 15) is 5.11 Å². The zero-order chi connectivity index (χ0) is 14.4. The van der Waals surface area contributed by atoms with E-state index in [2.05, 4.69) is 24.1 Å². The average molecular weight is 285 g/mol. The van der Waals surface area contributed by atoms with Crippen LogP contribution in [0.25, 0.3) is 0 Å². The topological polar surface area (TPSA) is 48.4 Å². The first kappa shape index (κ1) is 16.4. The van der Waals surface area contributed by atoms with Gasteiger partial charge in [0.15, 0.2) is 5.13 Å². The van der Waals surface area contributed by atoms with Crippen LogP contribution >= 0.6 is 11.3 Å². The van der Waals surface area contributed by atoms with Gasteiger partial charge in [-0.2, -0.15) is 0 Å². The SMILES string of the molecule is CCC(CC)C(O)CNCc1sc(N(C)C)nc1C. The van der Waals surface area contributed by atoms with Gasteiger partial charge in [0, 0.05) is 32.1 Å². The lowest BCUT2D eigenvalue weighted by molar-refractivity contribution is 0.101. The van der Waals surface area contributed by atoms with Crippen molar-refractivity contribution in [1.82, 2.24) is 10.3 Å². The highest BCUT2D eigenvalue weighted by molar-refractivity contribution is 7.15. The molecule has 1 heterocycles. The second kappa shape index (κ2) is 7.82. The summed E-state index contributed by atoms with van der Waals surface area (Å²) in [5.41, 5.74) is 1.08. The molecule has 1 aromatic rings. The van der Waals surface area contributed by atoms with Crippen LogP contribution in [0.1, 0.15) is 37.3 Å². The van der Waals surface area contributed by atoms with Crippen molar-refractivity contribution in [3.8, 4) is 0 Å². The smallest absolute Gasteiger partial charge is 0.185 e. The summed E-state index contributed by atoms with van der Waals surface area (Å²) in [4.78, 5) is 7.80. The Labute approximate surface area is 120 Å². The summed E-state index contributed by atoms with van der Waals surface area (Å²) >= 11 is 1.71. The molecule has 0 amide bonds. The molecular formula is C14H27N3OS. The molecular weight excluding hydrogens is 258 g/mol. The molecule has 0 aliphatic carbocycles. The van der Waals surface area contributed by atoms with Gasteiger partial charge < -0.3 is 15.3 Å². The van der Waals surface area contributed by atoms with Gasteiger partial charge >= 0.3 is 0 Å². The van der Waals surface area contributed by atoms with Crippen molar-refractivity contribution in [2.45, 2.75) is 46.3 Å². The Morgan fingerprint density at radius 3 is 2.42 bits per heavy atom. The largest absolute Gasteiger partial charge is 0.392 e. The molecule has 0 aliphatic rings. The Morgan fingerprint density at radius 2 is 1.95 bits per heavy atom. The standard InChI is InChI=1S/C14H27N3OS/c1-6-11(7-2)12(18)8-15-9-13-10(3)16-14(19-13)17(4)5/h11-12,15,18H,6-9H2,1-5H3. The summed E-state index contributed by atoms with van der Waals surface area (Å²) in [6.07, 6.45) is 1.81. The van der Waals surface area contributed by atoms with E-state index in [1.165, 1.54) is 4.88 Å². The van der Waals surface area contributed by atoms with E-state index in [0.717, 1.165) is 30.2 Å². The van der Waals surface area contributed by atoms with Crippen molar-refractivity contribution in [2.24, 2.45) is 5.92 Å². The number of aromatic nitrogens is 1. The van der Waals surface area contributed by atoms with E-state index in [1.54, 1.807) is 11.3 Å². The Hall–Kier alpha value is -0.650. The number of aliphatic hydroxyl groups is 1. The third-order valence-electron chi connectivity index (χ3n) is 3.50. The van der Waals surface area contributed by atoms with Crippen molar-refractivity contribution in [3.63, 3.8) is 0 Å². The van der Waals surface area contributed by atoms with Crippen LogP contribution in [-0.4, -0.2) is 36.8 Å². The van der Waals surface area contributed by atoms with Gasteiger partial charge in [-0.1, -0.05) is 26.7 Å². The van der Waals surface area contributed by atoms with Crippen LogP contribution in [0.2, 0.25) is 0 Å². The number of thiazole rings is 1. The molecule has 0 saturated carbocycles. The number of hydrogen-bond donors (Lipinski definition) is 2. The average Bonchev–Trinajstić information content (AvgIpc) is 2.73. The summed E-state index contributed by atoms with van der Waals surface area (Å²) in [6, 6.07) is 0. The molecule has 1 aromatic heterocycles. The number of anilines is 1. The number of rotatable bonds is 8. The Bertz CT molecular complexity index is 375. The Kier molecular flexibility index (Phi) is 6.75. The van der Waals surface area contributed by atoms with Crippen LogP contribution in [0.3, 0.4) is 0 Å². The summed E-state index contributed by atoms with van der Waals surface area (Å²) < 4.78 is 0. The molecule has 0 spiro atoms. The van der Waals surface area contributed by atoms with Crippen LogP contribution in [0, 0.1) is 12.8 Å². The number of nitrogens with one attached hydrogen (secondary N) is 1. The van der Waals surface area contributed by atoms with Gasteiger partial charge in [-0.15, -0.1) is 11.3 Å². The molecule has 1 unspecified atom stereocenters. The molecule has 0 aromatic carbocycles. The molecule has 110 valence electrons. The van der Waals surface area contributed by atoms with Gasteiger partial charge in [0.25, 0.3) is 0 Å². The fourth-order valence-electron chi connectivity index (χ4n) is 2.10. The van der Waals surface area contributed by atoms with Crippen LogP contribution in [0.15, 0.2) is 0 Å². The van der Waals surface area contributed by atoms with Crippen LogP contribution in [-0.2, 0) is 6.54 Å². The van der Waals surface area contributed by atoms with E-state index < -0.39 is 0 Å². The maximum absolute atomic E-state index is 10.1. The quantitative estimate of drug-likeness (QED) is 0.770. The molecule has 0 fully saturated rings. The van der Waals surface area contributed by atoms with Gasteiger partial charge in [-0.25, -0.2) is 4.98 Å². The number of nitrogens with zero attached hydrogens (tertiary/aromatic N) is 2. The minimum atomic E-state index is -0.253. The first-order valence-electron chi connectivity index (χ1n) is 7.01. The van der Waals surface area contributed by atoms with Crippen LogP contribution < -0.4 is 10.2 Å². The summed E-state index contributed by atoms with van der Waals surface area (Å²) in [5.74, 6) is 0.396. The fraction of sp³-hybridized carbons (Fsp3) is 0.786. The molecule has 5 heteroatoms. The lowest BCUT2D eigenvalue weighted by Crippen LogP contribution is -2.32. The van der Waals surface area contributed by atoms with Gasteiger partial charge in [0.05, 0.1) is 11.8 Å². The Balaban J connectivity index is 2.45. The summed E-state index contributed by atoms with van der Waals surface area (Å²) in [6.45, 7) is 7.75. The van der Waals surface area contributed by atoms with E-state index in [-0.39, 0.29) is 6.10 Å². The third-order valence-corrected chi connectivity index (χ3v) is 4.82. The molecule has 1 rings (SSSR count). The minimum absolute atomic E-state index is 0.253. The molecule has 0 radical (unpaired) electrons. The van der Waals surface area contributed by atoms with Crippen molar-refractivity contribution in [2.75, 3.05) is 25.5 Å². The van der Waals surface area contributed by atoms with Crippen molar-refractivity contribution >= 4 is 16.5 Å². The van der Waals surface area contributed by atoms with E-state index in [0.29, 0.717) is 12.5 Å². The zero-order valence-corrected chi connectivity index (χ0v) is 13.5. The number of aryl methyl sites for hydroxylation is 1.